The van der Waals surface area contributed by atoms with Gasteiger partial charge in [-0.25, -0.2) is 0 Å². The molecule has 0 unspecified atom stereocenters. The van der Waals surface area contributed by atoms with Crippen molar-refractivity contribution < 1.29 is 19.5 Å². The van der Waals surface area contributed by atoms with Gasteiger partial charge in [-0.15, -0.1) is 0 Å². The van der Waals surface area contributed by atoms with E-state index in [0.29, 0.717) is 12.1 Å². The molecular weight excluding hydrogens is 374 g/mol. The summed E-state index contributed by atoms with van der Waals surface area (Å²) in [6.45, 7) is 0. The van der Waals surface area contributed by atoms with Gasteiger partial charge in [-0.05, 0) is 6.07 Å². The van der Waals surface area contributed by atoms with Gasteiger partial charge in [-0.2, -0.15) is 0 Å². The summed E-state index contributed by atoms with van der Waals surface area (Å²) in [6.07, 6.45) is 0. The number of anilines is 3. The molecular formula is C13H10ClN5O7. The lowest BCUT2D eigenvalue weighted by Gasteiger charge is -2.12. The van der Waals surface area contributed by atoms with Crippen molar-refractivity contribution in [2.45, 2.75) is 0 Å². The molecule has 2 aromatic carbocycles. The van der Waals surface area contributed by atoms with E-state index in [-0.39, 0.29) is 22.1 Å². The Hall–Kier alpha value is -3.67. The Bertz CT molecular complexity index is 898. The average Bonchev–Trinajstić information content (AvgIpc) is 2.56. The molecule has 0 fully saturated rings. The fourth-order valence-corrected chi connectivity index (χ4v) is 2.31. The van der Waals surface area contributed by atoms with Gasteiger partial charge in [0, 0.05) is 6.07 Å². The summed E-state index contributed by atoms with van der Waals surface area (Å²) < 4.78 is 5.00. The molecule has 0 saturated carbocycles. The lowest BCUT2D eigenvalue weighted by molar-refractivity contribution is -0.401. The summed E-state index contributed by atoms with van der Waals surface area (Å²) in [6, 6.07) is 3.79. The van der Waals surface area contributed by atoms with Crippen molar-refractivity contribution in [2.75, 3.05) is 18.2 Å². The smallest absolute Gasteiger partial charge is 0.306 e. The first kappa shape index (κ1) is 18.7. The molecule has 0 bridgehead atoms. The van der Waals surface area contributed by atoms with E-state index in [4.69, 9.17) is 22.1 Å². The molecule has 0 amide bonds. The molecule has 13 heteroatoms. The number of methoxy groups -OCH3 is 1. The molecule has 3 N–H and O–H groups in total. The van der Waals surface area contributed by atoms with Crippen LogP contribution in [0.2, 0.25) is 5.02 Å². The molecule has 0 spiro atoms. The van der Waals surface area contributed by atoms with Crippen molar-refractivity contribution in [3.63, 3.8) is 0 Å². The third-order valence-corrected chi connectivity index (χ3v) is 3.58. The zero-order valence-corrected chi connectivity index (χ0v) is 13.7. The molecule has 0 aliphatic carbocycles. The van der Waals surface area contributed by atoms with Crippen LogP contribution in [-0.2, 0) is 0 Å². The molecule has 12 nitrogen and oxygen atoms in total. The monoisotopic (exact) mass is 383 g/mol. The molecule has 0 aliphatic rings. The Morgan fingerprint density at radius 3 is 1.96 bits per heavy atom. The van der Waals surface area contributed by atoms with Crippen LogP contribution in [0.15, 0.2) is 24.3 Å². The van der Waals surface area contributed by atoms with E-state index >= 15 is 0 Å². The maximum Gasteiger partial charge on any atom is 0.306 e. The van der Waals surface area contributed by atoms with Gasteiger partial charge in [0.25, 0.3) is 5.69 Å². The summed E-state index contributed by atoms with van der Waals surface area (Å²) in [7, 11) is 1.32. The van der Waals surface area contributed by atoms with Gasteiger partial charge in [0.05, 0.1) is 50.4 Å². The predicted molar refractivity (Wildman–Crippen MR) is 92.1 cm³/mol. The maximum absolute atomic E-state index is 11.3. The number of nitro groups is 3. The second kappa shape index (κ2) is 7.06. The number of non-ortho nitro benzene ring substituents is 1. The second-order valence-corrected chi connectivity index (χ2v) is 5.24. The minimum absolute atomic E-state index is 0.00486. The number of hydrogen-bond donors (Lipinski definition) is 2. The Morgan fingerprint density at radius 1 is 1.00 bits per heavy atom. The third-order valence-electron chi connectivity index (χ3n) is 3.26. The average molecular weight is 384 g/mol. The molecule has 26 heavy (non-hydrogen) atoms. The minimum atomic E-state index is -0.981. The first-order chi connectivity index (χ1) is 12.1. The highest BCUT2D eigenvalue weighted by Crippen LogP contribution is 2.42. The quantitative estimate of drug-likeness (QED) is 0.429. The SMILES string of the molecule is COc1cc(Nc2c([N+](=O)[O-])cc([N+](=O)[O-])cc2[N+](=O)[O-])c(Cl)cc1N. The number of nitrogens with zero attached hydrogens (tertiary/aromatic N) is 3. The number of nitrogens with one attached hydrogen (secondary N) is 1. The molecule has 2 aromatic rings. The van der Waals surface area contributed by atoms with Crippen LogP contribution < -0.4 is 15.8 Å². The van der Waals surface area contributed by atoms with E-state index < -0.39 is 37.5 Å². The van der Waals surface area contributed by atoms with Gasteiger partial charge in [0.2, 0.25) is 0 Å². The fourth-order valence-electron chi connectivity index (χ4n) is 2.09. The van der Waals surface area contributed by atoms with Gasteiger partial charge in [-0.1, -0.05) is 11.6 Å². The molecule has 0 radical (unpaired) electrons. The normalized spacial score (nSPS) is 10.2. The van der Waals surface area contributed by atoms with Crippen LogP contribution in [0.25, 0.3) is 0 Å². The standard InChI is InChI=1S/C13H10ClN5O7/c1-26-12-5-9(7(14)4-8(12)15)16-13-10(18(22)23)2-6(17(20)21)3-11(13)19(24)25/h2-5,16H,15H2,1H3. The highest BCUT2D eigenvalue weighted by atomic mass is 35.5. The lowest BCUT2D eigenvalue weighted by atomic mass is 10.2. The number of hydrogen-bond acceptors (Lipinski definition) is 9. The number of halogens is 1. The van der Waals surface area contributed by atoms with Gasteiger partial charge in [0.15, 0.2) is 5.69 Å². The Kier molecular flexibility index (Phi) is 5.07. The number of benzene rings is 2. The number of nitro benzene ring substituents is 3. The highest BCUT2D eigenvalue weighted by molar-refractivity contribution is 6.33. The molecule has 0 aliphatic heterocycles. The van der Waals surface area contributed by atoms with Crippen LogP contribution in [0.5, 0.6) is 5.75 Å². The topological polar surface area (TPSA) is 177 Å². The number of nitrogens with two attached hydrogens (primary N) is 1. The molecule has 0 saturated heterocycles. The van der Waals surface area contributed by atoms with Crippen molar-refractivity contribution in [3.8, 4) is 5.75 Å². The van der Waals surface area contributed by atoms with Crippen molar-refractivity contribution in [1.82, 2.24) is 0 Å². The van der Waals surface area contributed by atoms with Gasteiger partial charge in [0.1, 0.15) is 5.75 Å². The molecule has 0 heterocycles. The van der Waals surface area contributed by atoms with Gasteiger partial charge in [-0.3, -0.25) is 30.3 Å². The molecule has 0 aromatic heterocycles. The van der Waals surface area contributed by atoms with Gasteiger partial charge < -0.3 is 15.8 Å². The number of ether oxygens (including phenoxy) is 1. The van der Waals surface area contributed by atoms with E-state index in [0.717, 1.165) is 0 Å². The zero-order chi connectivity index (χ0) is 19.6. The summed E-state index contributed by atoms with van der Waals surface area (Å²) in [5.74, 6) is 0.170. The largest absolute Gasteiger partial charge is 0.495 e. The maximum atomic E-state index is 11.3. The number of rotatable bonds is 6. The van der Waals surface area contributed by atoms with Crippen LogP contribution in [0, 0.1) is 30.3 Å². The summed E-state index contributed by atoms with van der Waals surface area (Å²) >= 11 is 6.01. The lowest BCUT2D eigenvalue weighted by Crippen LogP contribution is -2.04. The predicted octanol–water partition coefficient (Wildman–Crippen LogP) is 3.40. The molecule has 0 atom stereocenters. The van der Waals surface area contributed by atoms with Crippen molar-refractivity contribution in [1.29, 1.82) is 0 Å². The summed E-state index contributed by atoms with van der Waals surface area (Å²) in [5.41, 5.74) is 2.78. The fraction of sp³-hybridized carbons (Fsp3) is 0.0769. The summed E-state index contributed by atoms with van der Waals surface area (Å²) in [5, 5.41) is 35.9. The second-order valence-electron chi connectivity index (χ2n) is 4.83. The zero-order valence-electron chi connectivity index (χ0n) is 13.0. The Labute approximate surface area is 149 Å². The van der Waals surface area contributed by atoms with E-state index in [1.807, 2.05) is 0 Å². The van der Waals surface area contributed by atoms with Crippen molar-refractivity contribution in [2.24, 2.45) is 0 Å². The molecule has 2 rings (SSSR count). The van der Waals surface area contributed by atoms with Crippen LogP contribution in [0.4, 0.5) is 34.1 Å². The Balaban J connectivity index is 2.71. The molecule has 136 valence electrons. The van der Waals surface area contributed by atoms with Crippen molar-refractivity contribution >= 4 is 45.7 Å². The van der Waals surface area contributed by atoms with Crippen LogP contribution in [0.1, 0.15) is 0 Å². The van der Waals surface area contributed by atoms with Crippen LogP contribution in [-0.4, -0.2) is 21.9 Å². The Morgan fingerprint density at radius 2 is 1.54 bits per heavy atom. The minimum Gasteiger partial charge on any atom is -0.495 e. The first-order valence-electron chi connectivity index (χ1n) is 6.67. The number of nitrogen functional groups attached to an aromatic ring is 1. The van der Waals surface area contributed by atoms with E-state index in [1.54, 1.807) is 0 Å². The van der Waals surface area contributed by atoms with Gasteiger partial charge >= 0.3 is 11.4 Å². The summed E-state index contributed by atoms with van der Waals surface area (Å²) in [4.78, 5) is 30.5. The third kappa shape index (κ3) is 3.54. The van der Waals surface area contributed by atoms with Crippen molar-refractivity contribution in [3.05, 3.63) is 59.6 Å². The van der Waals surface area contributed by atoms with E-state index in [9.17, 15) is 30.3 Å². The van der Waals surface area contributed by atoms with E-state index in [1.165, 1.54) is 19.2 Å². The van der Waals surface area contributed by atoms with Crippen LogP contribution in [0.3, 0.4) is 0 Å². The van der Waals surface area contributed by atoms with E-state index in [2.05, 4.69) is 5.32 Å². The van der Waals surface area contributed by atoms with Crippen LogP contribution >= 0.6 is 11.6 Å². The highest BCUT2D eigenvalue weighted by Gasteiger charge is 2.31. The first-order valence-corrected chi connectivity index (χ1v) is 7.04.